The van der Waals surface area contributed by atoms with Gasteiger partial charge < -0.3 is 31.9 Å². The van der Waals surface area contributed by atoms with Crippen molar-refractivity contribution in [3.63, 3.8) is 0 Å². The van der Waals surface area contributed by atoms with Crippen molar-refractivity contribution in [1.82, 2.24) is 0 Å². The normalized spacial score (nSPS) is 15.4. The van der Waals surface area contributed by atoms with Gasteiger partial charge in [-0.15, -0.1) is 0 Å². The number of nitrogen functional groups attached to an aromatic ring is 2. The summed E-state index contributed by atoms with van der Waals surface area (Å²) in [7, 11) is 0. The van der Waals surface area contributed by atoms with E-state index >= 15 is 0 Å². The molecule has 0 bridgehead atoms. The zero-order valence-corrected chi connectivity index (χ0v) is 11.5. The largest absolute Gasteiger partial charge is 0.506 e. The van der Waals surface area contributed by atoms with Gasteiger partial charge in [-0.05, 0) is 42.3 Å². The van der Waals surface area contributed by atoms with Crippen LogP contribution in [0.15, 0.2) is 36.4 Å². The highest BCUT2D eigenvalue weighted by Crippen LogP contribution is 2.38. The lowest BCUT2D eigenvalue weighted by Crippen LogP contribution is -2.30. The number of hydrogen-bond donors (Lipinski definition) is 6. The first-order valence-corrected chi connectivity index (χ1v) is 6.31. The van der Waals surface area contributed by atoms with E-state index in [9.17, 15) is 20.4 Å². The number of aliphatic hydroxyl groups is 2. The second kappa shape index (κ2) is 5.16. The average Bonchev–Trinajstić information content (AvgIpc) is 2.44. The lowest BCUT2D eigenvalue weighted by Gasteiger charge is -2.30. The fourth-order valence-corrected chi connectivity index (χ4v) is 2.09. The fourth-order valence-electron chi connectivity index (χ4n) is 2.09. The third kappa shape index (κ3) is 2.72. The molecule has 2 aromatic rings. The molecule has 0 aliphatic heterocycles. The summed E-state index contributed by atoms with van der Waals surface area (Å²) in [4.78, 5) is 0. The second-order valence-corrected chi connectivity index (χ2v) is 5.14. The molecule has 0 fully saturated rings. The van der Waals surface area contributed by atoms with Gasteiger partial charge in [0.15, 0.2) is 0 Å². The molecule has 0 spiro atoms. The van der Waals surface area contributed by atoms with Crippen LogP contribution in [0.1, 0.15) is 24.2 Å². The van der Waals surface area contributed by atoms with Gasteiger partial charge in [0.2, 0.25) is 0 Å². The number of aliphatic hydroxyl groups excluding tert-OH is 1. The Morgan fingerprint density at radius 2 is 1.48 bits per heavy atom. The predicted octanol–water partition coefficient (Wildman–Crippen LogP) is 1.20. The zero-order chi connectivity index (χ0) is 15.8. The molecular weight excluding hydrogens is 272 g/mol. The summed E-state index contributed by atoms with van der Waals surface area (Å²) >= 11 is 0. The molecule has 0 amide bonds. The quantitative estimate of drug-likeness (QED) is 0.372. The highest BCUT2D eigenvalue weighted by Gasteiger charge is 2.34. The van der Waals surface area contributed by atoms with E-state index in [1.165, 1.54) is 43.3 Å². The molecule has 112 valence electrons. The van der Waals surface area contributed by atoms with E-state index < -0.39 is 11.7 Å². The Hall–Kier alpha value is -2.44. The Balaban J connectivity index is 2.41. The standard InChI is InChI=1S/C15H18N2O4/c1-15(21,9-3-5-13(19)11(17)7-9)14(20)8-2-4-12(18)10(16)6-8/h2-7,14,18-21H,16-17H2,1H3. The summed E-state index contributed by atoms with van der Waals surface area (Å²) in [5.74, 6) is -0.197. The number of anilines is 2. The summed E-state index contributed by atoms with van der Waals surface area (Å²) in [6, 6.07) is 8.40. The molecule has 0 aliphatic carbocycles. The van der Waals surface area contributed by atoms with Crippen molar-refractivity contribution in [2.24, 2.45) is 0 Å². The highest BCUT2D eigenvalue weighted by molar-refractivity contribution is 5.56. The van der Waals surface area contributed by atoms with Crippen molar-refractivity contribution in [1.29, 1.82) is 0 Å². The molecule has 2 unspecified atom stereocenters. The van der Waals surface area contributed by atoms with Crippen LogP contribution in [0.2, 0.25) is 0 Å². The highest BCUT2D eigenvalue weighted by atomic mass is 16.3. The molecule has 2 aromatic carbocycles. The number of nitrogens with two attached hydrogens (primary N) is 2. The van der Waals surface area contributed by atoms with E-state index in [0.717, 1.165) is 0 Å². The van der Waals surface area contributed by atoms with Gasteiger partial charge in [-0.1, -0.05) is 12.1 Å². The molecule has 6 heteroatoms. The number of hydrogen-bond acceptors (Lipinski definition) is 6. The number of phenols is 2. The fraction of sp³-hybridized carbons (Fsp3) is 0.200. The number of benzene rings is 2. The van der Waals surface area contributed by atoms with Crippen molar-refractivity contribution in [3.8, 4) is 11.5 Å². The molecule has 2 atom stereocenters. The van der Waals surface area contributed by atoms with Crippen molar-refractivity contribution >= 4 is 11.4 Å². The van der Waals surface area contributed by atoms with Crippen molar-refractivity contribution in [3.05, 3.63) is 47.5 Å². The van der Waals surface area contributed by atoms with Gasteiger partial charge in [0.25, 0.3) is 0 Å². The Morgan fingerprint density at radius 3 is 2.00 bits per heavy atom. The van der Waals surface area contributed by atoms with E-state index in [-0.39, 0.29) is 22.9 Å². The third-order valence-corrected chi connectivity index (χ3v) is 3.51. The minimum absolute atomic E-state index is 0.0977. The predicted molar refractivity (Wildman–Crippen MR) is 79.6 cm³/mol. The van der Waals surface area contributed by atoms with Gasteiger partial charge in [0, 0.05) is 0 Å². The van der Waals surface area contributed by atoms with Crippen LogP contribution < -0.4 is 11.5 Å². The number of aromatic hydroxyl groups is 2. The SMILES string of the molecule is CC(O)(c1ccc(O)c(N)c1)C(O)c1ccc(O)c(N)c1. The van der Waals surface area contributed by atoms with Gasteiger partial charge in [-0.25, -0.2) is 0 Å². The van der Waals surface area contributed by atoms with Gasteiger partial charge in [-0.2, -0.15) is 0 Å². The van der Waals surface area contributed by atoms with Crippen LogP contribution in [0.25, 0.3) is 0 Å². The van der Waals surface area contributed by atoms with Crippen LogP contribution in [0.5, 0.6) is 11.5 Å². The molecule has 0 aliphatic rings. The summed E-state index contributed by atoms with van der Waals surface area (Å²) in [5, 5.41) is 39.8. The van der Waals surface area contributed by atoms with Crippen LogP contribution in [-0.4, -0.2) is 20.4 Å². The average molecular weight is 290 g/mol. The van der Waals surface area contributed by atoms with E-state index in [4.69, 9.17) is 11.5 Å². The summed E-state index contributed by atoms with van der Waals surface area (Å²) in [6.45, 7) is 1.42. The Bertz CT molecular complexity index is 671. The molecule has 0 saturated carbocycles. The molecule has 0 heterocycles. The Kier molecular flexibility index (Phi) is 3.67. The van der Waals surface area contributed by atoms with Crippen LogP contribution in [0.4, 0.5) is 11.4 Å². The maximum Gasteiger partial charge on any atom is 0.138 e. The van der Waals surface area contributed by atoms with Crippen molar-refractivity contribution < 1.29 is 20.4 Å². The first-order chi connectivity index (χ1) is 9.73. The number of rotatable bonds is 3. The van der Waals surface area contributed by atoms with Gasteiger partial charge in [-0.3, -0.25) is 0 Å². The van der Waals surface area contributed by atoms with Crippen LogP contribution in [0, 0.1) is 0 Å². The lowest BCUT2D eigenvalue weighted by molar-refractivity contribution is -0.0690. The van der Waals surface area contributed by atoms with Gasteiger partial charge >= 0.3 is 0 Å². The molecular formula is C15H18N2O4. The van der Waals surface area contributed by atoms with Crippen LogP contribution in [-0.2, 0) is 5.60 Å². The molecule has 0 radical (unpaired) electrons. The van der Waals surface area contributed by atoms with Gasteiger partial charge in [0.05, 0.1) is 11.4 Å². The minimum Gasteiger partial charge on any atom is -0.506 e. The molecule has 0 saturated heterocycles. The van der Waals surface area contributed by atoms with Crippen LogP contribution >= 0.6 is 0 Å². The molecule has 0 aromatic heterocycles. The number of phenolic OH excluding ortho intramolecular Hbond substituents is 2. The molecule has 8 N–H and O–H groups in total. The molecule has 21 heavy (non-hydrogen) atoms. The maximum atomic E-state index is 10.6. The van der Waals surface area contributed by atoms with Crippen molar-refractivity contribution in [2.75, 3.05) is 11.5 Å². The zero-order valence-electron chi connectivity index (χ0n) is 11.5. The Labute approximate surface area is 121 Å². The first kappa shape index (κ1) is 15.0. The summed E-state index contributed by atoms with van der Waals surface area (Å²) in [6.07, 6.45) is -1.29. The van der Waals surface area contributed by atoms with E-state index in [1.807, 2.05) is 0 Å². The Morgan fingerprint density at radius 1 is 0.952 bits per heavy atom. The van der Waals surface area contributed by atoms with Gasteiger partial charge in [0.1, 0.15) is 23.2 Å². The lowest BCUT2D eigenvalue weighted by atomic mass is 9.85. The van der Waals surface area contributed by atoms with E-state index in [1.54, 1.807) is 0 Å². The van der Waals surface area contributed by atoms with Crippen molar-refractivity contribution in [2.45, 2.75) is 18.6 Å². The third-order valence-electron chi connectivity index (χ3n) is 3.51. The smallest absolute Gasteiger partial charge is 0.138 e. The first-order valence-electron chi connectivity index (χ1n) is 6.31. The molecule has 6 nitrogen and oxygen atoms in total. The molecule has 2 rings (SSSR count). The van der Waals surface area contributed by atoms with E-state index in [0.29, 0.717) is 11.1 Å². The second-order valence-electron chi connectivity index (χ2n) is 5.14. The monoisotopic (exact) mass is 290 g/mol. The van der Waals surface area contributed by atoms with Crippen LogP contribution in [0.3, 0.4) is 0 Å². The van der Waals surface area contributed by atoms with E-state index in [2.05, 4.69) is 0 Å². The summed E-state index contributed by atoms with van der Waals surface area (Å²) in [5.41, 5.74) is 10.4. The topological polar surface area (TPSA) is 133 Å². The minimum atomic E-state index is -1.65. The summed E-state index contributed by atoms with van der Waals surface area (Å²) < 4.78 is 0. The maximum absolute atomic E-state index is 10.6.